The van der Waals surface area contributed by atoms with Gasteiger partial charge >= 0.3 is 0 Å². The zero-order valence-corrected chi connectivity index (χ0v) is 14.1. The van der Waals surface area contributed by atoms with E-state index >= 15 is 0 Å². The molecular weight excluding hydrogens is 338 g/mol. The lowest BCUT2D eigenvalue weighted by Gasteiger charge is -2.03. The fraction of sp³-hybridized carbons (Fsp3) is 0.0526. The number of aromatic nitrogens is 2. The summed E-state index contributed by atoms with van der Waals surface area (Å²) >= 11 is 6.20. The molecule has 0 atom stereocenters. The van der Waals surface area contributed by atoms with Crippen LogP contribution in [0.25, 0.3) is 22.4 Å². The number of aromatic amines is 1. The third kappa shape index (κ3) is 2.58. The number of carbonyl (C=O) groups is 1. The number of imidazole rings is 1. The van der Waals surface area contributed by atoms with Crippen LogP contribution in [0.4, 0.5) is 5.69 Å². The first kappa shape index (κ1) is 15.5. The summed E-state index contributed by atoms with van der Waals surface area (Å²) in [5.74, 6) is 0.474. The van der Waals surface area contributed by atoms with Gasteiger partial charge < -0.3 is 15.1 Å². The fourth-order valence-corrected chi connectivity index (χ4v) is 3.10. The number of furan rings is 1. The molecule has 0 aliphatic rings. The highest BCUT2D eigenvalue weighted by atomic mass is 35.5. The van der Waals surface area contributed by atoms with Crippen molar-refractivity contribution in [3.8, 4) is 11.4 Å². The summed E-state index contributed by atoms with van der Waals surface area (Å²) in [6, 6.07) is 10.7. The van der Waals surface area contributed by atoms with Gasteiger partial charge in [-0.25, -0.2) is 4.98 Å². The highest BCUT2D eigenvalue weighted by Crippen LogP contribution is 2.33. The van der Waals surface area contributed by atoms with E-state index in [0.717, 1.165) is 11.1 Å². The second kappa shape index (κ2) is 5.79. The lowest BCUT2D eigenvalue weighted by Crippen LogP contribution is -2.04. The first-order valence-corrected chi connectivity index (χ1v) is 8.05. The Bertz CT molecular complexity index is 1100. The maximum Gasteiger partial charge on any atom is 0.231 e. The number of carbonyl (C=O) groups excluding carboxylic acids is 1. The number of benzene rings is 2. The number of hydrogen-bond donors (Lipinski definition) is 2. The molecule has 3 N–H and O–H groups in total. The second-order valence-corrected chi connectivity index (χ2v) is 6.21. The number of aryl methyl sites for hydroxylation is 1. The van der Waals surface area contributed by atoms with Gasteiger partial charge in [-0.1, -0.05) is 23.7 Å². The van der Waals surface area contributed by atoms with Gasteiger partial charge in [0.15, 0.2) is 5.76 Å². The Labute approximate surface area is 148 Å². The van der Waals surface area contributed by atoms with Crippen molar-refractivity contribution in [2.75, 3.05) is 5.73 Å². The minimum absolute atomic E-state index is 0.0948. The van der Waals surface area contributed by atoms with Crippen LogP contribution in [0.15, 0.2) is 53.2 Å². The summed E-state index contributed by atoms with van der Waals surface area (Å²) in [5.41, 5.74) is 9.16. The van der Waals surface area contributed by atoms with Crippen LogP contribution < -0.4 is 5.73 Å². The monoisotopic (exact) mass is 351 g/mol. The smallest absolute Gasteiger partial charge is 0.231 e. The molecule has 2 heterocycles. The quantitative estimate of drug-likeness (QED) is 0.528. The maximum atomic E-state index is 12.8. The predicted molar refractivity (Wildman–Crippen MR) is 97.8 cm³/mol. The number of fused-ring (bicyclic) bond motifs is 1. The van der Waals surface area contributed by atoms with Gasteiger partial charge in [-0.05, 0) is 36.8 Å². The second-order valence-electron chi connectivity index (χ2n) is 5.81. The maximum absolute atomic E-state index is 12.8. The van der Waals surface area contributed by atoms with E-state index in [9.17, 15) is 4.79 Å². The largest absolute Gasteiger partial charge is 0.450 e. The van der Waals surface area contributed by atoms with Gasteiger partial charge in [0.25, 0.3) is 0 Å². The molecule has 2 aromatic heterocycles. The van der Waals surface area contributed by atoms with Crippen molar-refractivity contribution in [3.63, 3.8) is 0 Å². The van der Waals surface area contributed by atoms with Gasteiger partial charge in [0.05, 0.1) is 10.7 Å². The molecule has 0 amide bonds. The fourth-order valence-electron chi connectivity index (χ4n) is 2.78. The van der Waals surface area contributed by atoms with Gasteiger partial charge in [0.1, 0.15) is 11.4 Å². The summed E-state index contributed by atoms with van der Waals surface area (Å²) < 4.78 is 5.76. The number of nitrogens with one attached hydrogen (secondary N) is 1. The third-order valence-corrected chi connectivity index (χ3v) is 4.39. The lowest BCUT2D eigenvalue weighted by atomic mass is 10.1. The van der Waals surface area contributed by atoms with Crippen molar-refractivity contribution < 1.29 is 9.21 Å². The van der Waals surface area contributed by atoms with E-state index in [1.54, 1.807) is 30.6 Å². The van der Waals surface area contributed by atoms with Crippen LogP contribution in [0.1, 0.15) is 21.7 Å². The van der Waals surface area contributed by atoms with E-state index in [1.165, 1.54) is 0 Å². The molecule has 0 unspecified atom stereocenters. The van der Waals surface area contributed by atoms with Crippen molar-refractivity contribution in [2.24, 2.45) is 0 Å². The van der Waals surface area contributed by atoms with Gasteiger partial charge in [-0.15, -0.1) is 0 Å². The Morgan fingerprint density at radius 2 is 2.08 bits per heavy atom. The minimum atomic E-state index is -0.335. The zero-order chi connectivity index (χ0) is 17.6. The summed E-state index contributed by atoms with van der Waals surface area (Å²) in [6.45, 7) is 1.91. The molecule has 25 heavy (non-hydrogen) atoms. The number of nitrogens with zero attached hydrogens (tertiary/aromatic N) is 1. The molecule has 4 aromatic rings. The Kier molecular flexibility index (Phi) is 3.58. The average Bonchev–Trinajstić information content (AvgIpc) is 3.22. The Hall–Kier alpha value is -3.05. The van der Waals surface area contributed by atoms with E-state index in [0.29, 0.717) is 33.1 Å². The van der Waals surface area contributed by atoms with Crippen molar-refractivity contribution in [3.05, 3.63) is 70.7 Å². The summed E-state index contributed by atoms with van der Waals surface area (Å²) in [7, 11) is 0. The molecule has 0 bridgehead atoms. The number of anilines is 1. The molecule has 0 saturated carbocycles. The SMILES string of the molecule is Cc1ccc(C(=O)c2oc3cc(-c4ncc[nH]4)ccc3c2N)c(Cl)c1. The van der Waals surface area contributed by atoms with Crippen molar-refractivity contribution in [1.82, 2.24) is 9.97 Å². The number of nitrogens with two attached hydrogens (primary N) is 1. The molecule has 0 aliphatic carbocycles. The van der Waals surface area contributed by atoms with Gasteiger partial charge in [0.2, 0.25) is 5.78 Å². The highest BCUT2D eigenvalue weighted by Gasteiger charge is 2.22. The Morgan fingerprint density at radius 1 is 1.24 bits per heavy atom. The third-order valence-electron chi connectivity index (χ3n) is 4.08. The molecule has 6 heteroatoms. The number of nitrogen functional groups attached to an aromatic ring is 1. The highest BCUT2D eigenvalue weighted by molar-refractivity contribution is 6.35. The molecule has 2 aromatic carbocycles. The number of halogens is 1. The first-order chi connectivity index (χ1) is 12.0. The normalized spacial score (nSPS) is 11.1. The minimum Gasteiger partial charge on any atom is -0.450 e. The van der Waals surface area contributed by atoms with Crippen LogP contribution in [0.3, 0.4) is 0 Å². The molecular formula is C19H14ClN3O2. The molecule has 0 spiro atoms. The van der Waals surface area contributed by atoms with Crippen LogP contribution in [0.5, 0.6) is 0 Å². The van der Waals surface area contributed by atoms with Crippen LogP contribution in [0, 0.1) is 6.92 Å². The Morgan fingerprint density at radius 3 is 2.80 bits per heavy atom. The molecule has 4 rings (SSSR count). The molecule has 0 saturated heterocycles. The van der Waals surface area contributed by atoms with E-state index in [4.69, 9.17) is 21.8 Å². The molecule has 124 valence electrons. The van der Waals surface area contributed by atoms with Gasteiger partial charge in [0, 0.05) is 28.9 Å². The van der Waals surface area contributed by atoms with Crippen molar-refractivity contribution in [1.29, 1.82) is 0 Å². The summed E-state index contributed by atoms with van der Waals surface area (Å²) in [5, 5.41) is 1.06. The molecule has 5 nitrogen and oxygen atoms in total. The van der Waals surface area contributed by atoms with E-state index in [-0.39, 0.29) is 11.5 Å². The molecule has 0 aliphatic heterocycles. The van der Waals surface area contributed by atoms with E-state index in [2.05, 4.69) is 9.97 Å². The number of H-pyrrole nitrogens is 1. The average molecular weight is 352 g/mol. The van der Waals surface area contributed by atoms with Crippen LogP contribution in [0.2, 0.25) is 5.02 Å². The number of hydrogen-bond acceptors (Lipinski definition) is 4. The Balaban J connectivity index is 1.82. The van der Waals surface area contributed by atoms with Crippen LogP contribution in [-0.4, -0.2) is 15.8 Å². The first-order valence-electron chi connectivity index (χ1n) is 7.67. The van der Waals surface area contributed by atoms with Crippen molar-refractivity contribution >= 4 is 34.0 Å². The predicted octanol–water partition coefficient (Wildman–Crippen LogP) is 4.60. The molecule has 0 radical (unpaired) electrons. The van der Waals surface area contributed by atoms with Crippen LogP contribution in [-0.2, 0) is 0 Å². The van der Waals surface area contributed by atoms with Gasteiger partial charge in [-0.2, -0.15) is 0 Å². The lowest BCUT2D eigenvalue weighted by molar-refractivity contribution is 0.101. The number of ketones is 1. The standard InChI is InChI=1S/C19H14ClN3O2/c1-10-2-4-12(14(20)8-10)17(24)18-16(21)13-5-3-11(9-15(13)25-18)19-22-6-7-23-19/h2-9H,21H2,1H3,(H,22,23). The summed E-state index contributed by atoms with van der Waals surface area (Å²) in [4.78, 5) is 20.1. The van der Waals surface area contributed by atoms with Crippen molar-refractivity contribution in [2.45, 2.75) is 6.92 Å². The topological polar surface area (TPSA) is 84.9 Å². The summed E-state index contributed by atoms with van der Waals surface area (Å²) in [6.07, 6.45) is 3.41. The van der Waals surface area contributed by atoms with Gasteiger partial charge in [-0.3, -0.25) is 4.79 Å². The van der Waals surface area contributed by atoms with Crippen LogP contribution >= 0.6 is 11.6 Å². The van der Waals surface area contributed by atoms with E-state index in [1.807, 2.05) is 25.1 Å². The number of rotatable bonds is 3. The van der Waals surface area contributed by atoms with E-state index < -0.39 is 0 Å². The zero-order valence-electron chi connectivity index (χ0n) is 13.3. The molecule has 0 fully saturated rings.